The van der Waals surface area contributed by atoms with Crippen molar-refractivity contribution in [1.82, 2.24) is 5.32 Å². The van der Waals surface area contributed by atoms with Gasteiger partial charge in [0, 0.05) is 5.69 Å². The molecule has 32 heavy (non-hydrogen) atoms. The lowest BCUT2D eigenvalue weighted by Crippen LogP contribution is -2.34. The van der Waals surface area contributed by atoms with Crippen LogP contribution in [-0.2, 0) is 0 Å². The third kappa shape index (κ3) is 5.62. The predicted molar refractivity (Wildman–Crippen MR) is 132 cm³/mol. The summed E-state index contributed by atoms with van der Waals surface area (Å²) in [5.74, 6) is 0.894. The van der Waals surface area contributed by atoms with Crippen LogP contribution in [0.5, 0.6) is 11.5 Å². The molecule has 0 saturated heterocycles. The topological polar surface area (TPSA) is 59.6 Å². The molecule has 160 valence electrons. The van der Waals surface area contributed by atoms with Gasteiger partial charge in [0.05, 0.1) is 5.56 Å². The lowest BCUT2D eigenvalue weighted by molar-refractivity contribution is 0.0972. The Kier molecular flexibility index (Phi) is 6.94. The molecule has 0 radical (unpaired) electrons. The summed E-state index contributed by atoms with van der Waals surface area (Å²) in [6.45, 7) is 0.668. The zero-order valence-electron chi connectivity index (χ0n) is 17.3. The van der Waals surface area contributed by atoms with E-state index in [1.54, 1.807) is 18.2 Å². The zero-order chi connectivity index (χ0) is 22.2. The van der Waals surface area contributed by atoms with Crippen LogP contribution in [0.25, 0.3) is 10.8 Å². The fourth-order valence-corrected chi connectivity index (χ4v) is 3.42. The van der Waals surface area contributed by atoms with Crippen molar-refractivity contribution in [1.29, 1.82) is 0 Å². The highest BCUT2D eigenvalue weighted by Crippen LogP contribution is 2.20. The van der Waals surface area contributed by atoms with E-state index in [0.717, 1.165) is 22.2 Å². The van der Waals surface area contributed by atoms with Crippen molar-refractivity contribution in [3.63, 3.8) is 0 Å². The molecular weight excluding hydrogens is 420 g/mol. The lowest BCUT2D eigenvalue weighted by atomic mass is 10.1. The molecule has 0 spiro atoms. The van der Waals surface area contributed by atoms with E-state index in [4.69, 9.17) is 21.7 Å². The molecule has 5 nitrogen and oxygen atoms in total. The van der Waals surface area contributed by atoms with Crippen LogP contribution in [0.4, 0.5) is 5.69 Å². The molecule has 0 aliphatic heterocycles. The van der Waals surface area contributed by atoms with Gasteiger partial charge in [0.25, 0.3) is 5.91 Å². The molecule has 4 rings (SSSR count). The van der Waals surface area contributed by atoms with Crippen LogP contribution in [0.3, 0.4) is 0 Å². The zero-order valence-corrected chi connectivity index (χ0v) is 18.1. The van der Waals surface area contributed by atoms with Gasteiger partial charge in [0.2, 0.25) is 0 Å². The third-order valence-corrected chi connectivity index (χ3v) is 4.92. The number of hydrogen-bond donors (Lipinski definition) is 2. The first-order valence-corrected chi connectivity index (χ1v) is 10.6. The number of ether oxygens (including phenoxy) is 2. The van der Waals surface area contributed by atoms with E-state index in [1.807, 2.05) is 78.9 Å². The molecule has 4 aromatic carbocycles. The number of hydrogen-bond acceptors (Lipinski definition) is 4. The summed E-state index contributed by atoms with van der Waals surface area (Å²) < 4.78 is 11.4. The van der Waals surface area contributed by atoms with Crippen LogP contribution >= 0.6 is 12.2 Å². The molecule has 0 aromatic heterocycles. The number of fused-ring (bicyclic) bond motifs is 1. The van der Waals surface area contributed by atoms with Crippen LogP contribution in [0, 0.1) is 0 Å². The monoisotopic (exact) mass is 442 g/mol. The van der Waals surface area contributed by atoms with Gasteiger partial charge in [-0.05, 0) is 59.4 Å². The first kappa shape index (κ1) is 21.3. The minimum atomic E-state index is -0.345. The van der Waals surface area contributed by atoms with E-state index in [9.17, 15) is 4.79 Å². The van der Waals surface area contributed by atoms with Crippen molar-refractivity contribution in [2.75, 3.05) is 18.5 Å². The summed E-state index contributed by atoms with van der Waals surface area (Å²) >= 11 is 5.33. The fraction of sp³-hybridized carbons (Fsp3) is 0.0769. The maximum atomic E-state index is 12.8. The number of amides is 1. The average molecular weight is 443 g/mol. The van der Waals surface area contributed by atoms with Gasteiger partial charge in [-0.3, -0.25) is 10.1 Å². The van der Waals surface area contributed by atoms with Gasteiger partial charge < -0.3 is 14.8 Å². The second kappa shape index (κ2) is 10.4. The first-order chi connectivity index (χ1) is 15.7. The van der Waals surface area contributed by atoms with Gasteiger partial charge in [-0.15, -0.1) is 0 Å². The molecule has 0 unspecified atom stereocenters. The van der Waals surface area contributed by atoms with Crippen molar-refractivity contribution in [2.45, 2.75) is 0 Å². The van der Waals surface area contributed by atoms with E-state index in [-0.39, 0.29) is 11.0 Å². The van der Waals surface area contributed by atoms with Crippen LogP contribution in [0.2, 0.25) is 0 Å². The summed E-state index contributed by atoms with van der Waals surface area (Å²) in [6, 6.07) is 30.5. The summed E-state index contributed by atoms with van der Waals surface area (Å²) in [4.78, 5) is 12.8. The number of rotatable bonds is 7. The molecule has 0 aliphatic rings. The van der Waals surface area contributed by atoms with Crippen molar-refractivity contribution >= 4 is 39.7 Å². The van der Waals surface area contributed by atoms with Crippen molar-refractivity contribution in [3.05, 3.63) is 103 Å². The molecule has 0 fully saturated rings. The van der Waals surface area contributed by atoms with Crippen LogP contribution in [0.1, 0.15) is 10.4 Å². The van der Waals surface area contributed by atoms with Gasteiger partial charge in [0.15, 0.2) is 5.11 Å². The van der Waals surface area contributed by atoms with Crippen LogP contribution in [-0.4, -0.2) is 24.2 Å². The highest BCUT2D eigenvalue weighted by atomic mass is 32.1. The van der Waals surface area contributed by atoms with E-state index < -0.39 is 0 Å². The largest absolute Gasteiger partial charge is 0.490 e. The standard InChI is InChI=1S/C26H22N2O3S/c29-25(28-26(32)27-21-15-14-19-8-4-5-9-20(19)18-21)23-12-6-7-13-24(23)31-17-16-30-22-10-2-1-3-11-22/h1-15,18H,16-17H2,(H2,27,28,29,32). The summed E-state index contributed by atoms with van der Waals surface area (Å²) in [5.41, 5.74) is 1.20. The maximum Gasteiger partial charge on any atom is 0.261 e. The normalized spacial score (nSPS) is 10.4. The minimum Gasteiger partial charge on any atom is -0.490 e. The Morgan fingerprint density at radius 1 is 0.750 bits per heavy atom. The van der Waals surface area contributed by atoms with Crippen LogP contribution in [0.15, 0.2) is 97.1 Å². The molecular formula is C26H22N2O3S. The quantitative estimate of drug-likeness (QED) is 0.295. The molecule has 0 heterocycles. The van der Waals surface area contributed by atoms with Gasteiger partial charge in [-0.1, -0.05) is 60.7 Å². The van der Waals surface area contributed by atoms with Crippen molar-refractivity contribution < 1.29 is 14.3 Å². The Morgan fingerprint density at radius 2 is 1.44 bits per heavy atom. The maximum absolute atomic E-state index is 12.8. The summed E-state index contributed by atoms with van der Waals surface area (Å²) in [5, 5.41) is 8.22. The van der Waals surface area contributed by atoms with Crippen molar-refractivity contribution in [3.8, 4) is 11.5 Å². The molecule has 2 N–H and O–H groups in total. The van der Waals surface area contributed by atoms with Crippen molar-refractivity contribution in [2.24, 2.45) is 0 Å². The third-order valence-electron chi connectivity index (χ3n) is 4.72. The van der Waals surface area contributed by atoms with Gasteiger partial charge in [0.1, 0.15) is 24.7 Å². The number of carbonyl (C=O) groups excluding carboxylic acids is 1. The molecule has 6 heteroatoms. The average Bonchev–Trinajstić information content (AvgIpc) is 2.82. The summed E-state index contributed by atoms with van der Waals surface area (Å²) in [6.07, 6.45) is 0. The van der Waals surface area contributed by atoms with E-state index >= 15 is 0 Å². The highest BCUT2D eigenvalue weighted by Gasteiger charge is 2.14. The Morgan fingerprint density at radius 3 is 2.28 bits per heavy atom. The molecule has 4 aromatic rings. The van der Waals surface area contributed by atoms with E-state index in [2.05, 4.69) is 10.6 Å². The predicted octanol–water partition coefficient (Wildman–Crippen LogP) is 5.42. The molecule has 0 atom stereocenters. The smallest absolute Gasteiger partial charge is 0.261 e. The van der Waals surface area contributed by atoms with Crippen LogP contribution < -0.4 is 20.1 Å². The Balaban J connectivity index is 1.33. The second-order valence-electron chi connectivity index (χ2n) is 6.98. The molecule has 1 amide bonds. The number of carbonyl (C=O) groups is 1. The highest BCUT2D eigenvalue weighted by molar-refractivity contribution is 7.80. The Bertz CT molecular complexity index is 1230. The second-order valence-corrected chi connectivity index (χ2v) is 7.38. The molecule has 0 aliphatic carbocycles. The number of benzene rings is 4. The fourth-order valence-electron chi connectivity index (χ4n) is 3.21. The number of thiocarbonyl (C=S) groups is 1. The Hall–Kier alpha value is -3.90. The van der Waals surface area contributed by atoms with E-state index in [1.165, 1.54) is 0 Å². The Labute approximate surface area is 192 Å². The first-order valence-electron chi connectivity index (χ1n) is 10.2. The lowest BCUT2D eigenvalue weighted by Gasteiger charge is -2.14. The molecule has 0 bridgehead atoms. The van der Waals surface area contributed by atoms with Gasteiger partial charge >= 0.3 is 0 Å². The van der Waals surface area contributed by atoms with E-state index in [0.29, 0.717) is 24.5 Å². The van der Waals surface area contributed by atoms with Gasteiger partial charge in [-0.2, -0.15) is 0 Å². The number of anilines is 1. The minimum absolute atomic E-state index is 0.215. The number of nitrogens with one attached hydrogen (secondary N) is 2. The summed E-state index contributed by atoms with van der Waals surface area (Å²) in [7, 11) is 0. The SMILES string of the molecule is O=C(NC(=S)Nc1ccc2ccccc2c1)c1ccccc1OCCOc1ccccc1. The van der Waals surface area contributed by atoms with Gasteiger partial charge in [-0.25, -0.2) is 0 Å². The molecule has 0 saturated carbocycles. The number of para-hydroxylation sites is 2.